The molecule has 0 saturated heterocycles. The predicted octanol–water partition coefficient (Wildman–Crippen LogP) is 2.54. The molecule has 1 amide bonds. The van der Waals surface area contributed by atoms with E-state index < -0.39 is 0 Å². The van der Waals surface area contributed by atoms with Crippen LogP contribution in [0.15, 0.2) is 53.9 Å². The van der Waals surface area contributed by atoms with Gasteiger partial charge in [0.15, 0.2) is 11.5 Å². The minimum absolute atomic E-state index is 0.0508. The minimum Gasteiger partial charge on any atom is -0.504 e. The molecule has 0 bridgehead atoms. The van der Waals surface area contributed by atoms with Gasteiger partial charge in [0.2, 0.25) is 5.91 Å². The van der Waals surface area contributed by atoms with Crippen LogP contribution in [-0.4, -0.2) is 33.9 Å². The highest BCUT2D eigenvalue weighted by Crippen LogP contribution is 2.25. The third-order valence-corrected chi connectivity index (χ3v) is 4.04. The van der Waals surface area contributed by atoms with Crippen LogP contribution < -0.4 is 10.2 Å². The zero-order valence-electron chi connectivity index (χ0n) is 14.6. The normalized spacial score (nSPS) is 12.4. The average molecular weight is 352 g/mol. The van der Waals surface area contributed by atoms with E-state index in [-0.39, 0.29) is 17.6 Å². The molecule has 26 heavy (non-hydrogen) atoms. The third kappa shape index (κ3) is 3.83. The van der Waals surface area contributed by atoms with Crippen molar-refractivity contribution in [2.45, 2.75) is 13.5 Å². The quantitative estimate of drug-likeness (QED) is 0.527. The van der Waals surface area contributed by atoms with Gasteiger partial charge in [0.25, 0.3) is 0 Å². The summed E-state index contributed by atoms with van der Waals surface area (Å²) in [7, 11) is 1.47. The predicted molar refractivity (Wildman–Crippen MR) is 99.3 cm³/mol. The summed E-state index contributed by atoms with van der Waals surface area (Å²) in [6.07, 6.45) is 3.24. The van der Waals surface area contributed by atoms with Crippen LogP contribution in [0, 0.1) is 5.92 Å². The van der Waals surface area contributed by atoms with Gasteiger partial charge in [-0.3, -0.25) is 4.79 Å². The van der Waals surface area contributed by atoms with Crippen LogP contribution in [0.3, 0.4) is 0 Å². The van der Waals surface area contributed by atoms with Crippen LogP contribution in [0.2, 0.25) is 0 Å². The molecule has 0 unspecified atom stereocenters. The number of phenols is 1. The standard InChI is InChI=1S/C19H20N4O3/c1-13(11-23-12-20-15-5-3-4-6-16(15)23)19(25)22-21-10-14-7-8-17(24)18(9-14)26-2/h3-10,12-13,24H,11H2,1-2H3,(H,22,25)/b21-10-/t13-/m0/s1. The fourth-order valence-corrected chi connectivity index (χ4v) is 2.59. The molecule has 2 N–H and O–H groups in total. The van der Waals surface area contributed by atoms with Crippen molar-refractivity contribution < 1.29 is 14.6 Å². The smallest absolute Gasteiger partial charge is 0.244 e. The number of ether oxygens (including phenoxy) is 1. The number of methoxy groups -OCH3 is 1. The number of aromatic nitrogens is 2. The first-order chi connectivity index (χ1) is 12.6. The number of hydrogen-bond donors (Lipinski definition) is 2. The lowest BCUT2D eigenvalue weighted by molar-refractivity contribution is -0.124. The second kappa shape index (κ2) is 7.69. The summed E-state index contributed by atoms with van der Waals surface area (Å²) in [5.41, 5.74) is 5.13. The molecule has 0 aliphatic rings. The maximum atomic E-state index is 12.2. The van der Waals surface area contributed by atoms with Crippen LogP contribution in [0.5, 0.6) is 11.5 Å². The minimum atomic E-state index is -0.279. The maximum absolute atomic E-state index is 12.2. The Kier molecular flexibility index (Phi) is 5.17. The number of aromatic hydroxyl groups is 1. The SMILES string of the molecule is COc1cc(/C=N\NC(=O)[C@@H](C)Cn2cnc3ccccc32)ccc1O. The Bertz CT molecular complexity index is 949. The van der Waals surface area contributed by atoms with E-state index in [0.717, 1.165) is 11.0 Å². The van der Waals surface area contributed by atoms with Gasteiger partial charge in [0.1, 0.15) is 0 Å². The molecule has 0 fully saturated rings. The molecule has 0 aliphatic carbocycles. The molecule has 7 nitrogen and oxygen atoms in total. The number of phenolic OH excluding ortho intramolecular Hbond substituents is 1. The zero-order chi connectivity index (χ0) is 18.5. The van der Waals surface area contributed by atoms with Crippen LogP contribution in [0.1, 0.15) is 12.5 Å². The molecule has 134 valence electrons. The Hall–Kier alpha value is -3.35. The van der Waals surface area contributed by atoms with Gasteiger partial charge < -0.3 is 14.4 Å². The van der Waals surface area contributed by atoms with E-state index in [9.17, 15) is 9.90 Å². The van der Waals surface area contributed by atoms with Crippen LogP contribution in [-0.2, 0) is 11.3 Å². The summed E-state index contributed by atoms with van der Waals surface area (Å²) in [6.45, 7) is 2.35. The molecule has 1 aromatic heterocycles. The van der Waals surface area contributed by atoms with Crippen LogP contribution in [0.25, 0.3) is 11.0 Å². The molecule has 2 aromatic carbocycles. The Morgan fingerprint density at radius 2 is 2.19 bits per heavy atom. The van der Waals surface area contributed by atoms with Gasteiger partial charge in [-0.25, -0.2) is 10.4 Å². The van der Waals surface area contributed by atoms with Gasteiger partial charge in [0, 0.05) is 6.54 Å². The van der Waals surface area contributed by atoms with Crippen molar-refractivity contribution in [2.75, 3.05) is 7.11 Å². The fraction of sp³-hybridized carbons (Fsp3) is 0.211. The number of carbonyl (C=O) groups excluding carboxylic acids is 1. The van der Waals surface area contributed by atoms with Gasteiger partial charge in [-0.05, 0) is 35.9 Å². The molecular formula is C19H20N4O3. The van der Waals surface area contributed by atoms with E-state index in [1.54, 1.807) is 18.5 Å². The lowest BCUT2D eigenvalue weighted by atomic mass is 10.1. The molecule has 0 aliphatic heterocycles. The Labute approximate surface area is 150 Å². The number of hydrogen-bond acceptors (Lipinski definition) is 5. The largest absolute Gasteiger partial charge is 0.504 e. The molecule has 7 heteroatoms. The Morgan fingerprint density at radius 3 is 3.00 bits per heavy atom. The first kappa shape index (κ1) is 17.5. The molecule has 0 saturated carbocycles. The van der Waals surface area contributed by atoms with Gasteiger partial charge in [0.05, 0.1) is 36.6 Å². The Morgan fingerprint density at radius 1 is 1.38 bits per heavy atom. The first-order valence-corrected chi connectivity index (χ1v) is 8.18. The molecule has 1 atom stereocenters. The van der Waals surface area contributed by atoms with E-state index in [1.165, 1.54) is 19.4 Å². The second-order valence-corrected chi connectivity index (χ2v) is 5.95. The summed E-state index contributed by atoms with van der Waals surface area (Å²) in [4.78, 5) is 16.6. The number of carbonyl (C=O) groups is 1. The van der Waals surface area contributed by atoms with Gasteiger partial charge >= 0.3 is 0 Å². The molecular weight excluding hydrogens is 332 g/mol. The highest BCUT2D eigenvalue weighted by atomic mass is 16.5. The second-order valence-electron chi connectivity index (χ2n) is 5.95. The van der Waals surface area contributed by atoms with Crippen LogP contribution in [0.4, 0.5) is 0 Å². The monoisotopic (exact) mass is 352 g/mol. The van der Waals surface area contributed by atoms with Crippen molar-refractivity contribution in [3.63, 3.8) is 0 Å². The number of benzene rings is 2. The summed E-state index contributed by atoms with van der Waals surface area (Å²) in [5, 5.41) is 13.5. The van der Waals surface area contributed by atoms with Crippen molar-refractivity contribution in [1.82, 2.24) is 15.0 Å². The number of amides is 1. The van der Waals surface area contributed by atoms with Crippen molar-refractivity contribution in [3.05, 3.63) is 54.4 Å². The number of imidazole rings is 1. The lowest BCUT2D eigenvalue weighted by Gasteiger charge is -2.11. The molecule has 1 heterocycles. The summed E-state index contributed by atoms with van der Waals surface area (Å²) < 4.78 is 6.99. The van der Waals surface area contributed by atoms with Crippen LogP contribution >= 0.6 is 0 Å². The van der Waals surface area contributed by atoms with E-state index in [4.69, 9.17) is 4.74 Å². The zero-order valence-corrected chi connectivity index (χ0v) is 14.6. The first-order valence-electron chi connectivity index (χ1n) is 8.18. The van der Waals surface area contributed by atoms with E-state index in [0.29, 0.717) is 17.9 Å². The van der Waals surface area contributed by atoms with Gasteiger partial charge in [-0.1, -0.05) is 19.1 Å². The maximum Gasteiger partial charge on any atom is 0.244 e. The third-order valence-electron chi connectivity index (χ3n) is 4.04. The van der Waals surface area contributed by atoms with Crippen molar-refractivity contribution in [3.8, 4) is 11.5 Å². The van der Waals surface area contributed by atoms with E-state index in [2.05, 4.69) is 15.5 Å². The fourth-order valence-electron chi connectivity index (χ4n) is 2.59. The molecule has 0 radical (unpaired) electrons. The van der Waals surface area contributed by atoms with Crippen molar-refractivity contribution in [2.24, 2.45) is 11.0 Å². The number of nitrogens with zero attached hydrogens (tertiary/aromatic N) is 3. The summed E-state index contributed by atoms with van der Waals surface area (Å²) in [5.74, 6) is -0.0700. The molecule has 3 rings (SSSR count). The van der Waals surface area contributed by atoms with Gasteiger partial charge in [-0.15, -0.1) is 0 Å². The van der Waals surface area contributed by atoms with Crippen molar-refractivity contribution >= 4 is 23.2 Å². The van der Waals surface area contributed by atoms with E-state index in [1.807, 2.05) is 35.8 Å². The number of hydrazone groups is 1. The number of rotatable bonds is 6. The number of para-hydroxylation sites is 2. The molecule has 3 aromatic rings. The average Bonchev–Trinajstić information content (AvgIpc) is 3.06. The highest BCUT2D eigenvalue weighted by Gasteiger charge is 2.14. The Balaban J connectivity index is 1.61. The van der Waals surface area contributed by atoms with Gasteiger partial charge in [-0.2, -0.15) is 5.10 Å². The summed E-state index contributed by atoms with van der Waals surface area (Å²) in [6, 6.07) is 12.6. The lowest BCUT2D eigenvalue weighted by Crippen LogP contribution is -2.27. The molecule has 0 spiro atoms. The number of fused-ring (bicyclic) bond motifs is 1. The topological polar surface area (TPSA) is 88.7 Å². The highest BCUT2D eigenvalue weighted by molar-refractivity contribution is 5.84. The van der Waals surface area contributed by atoms with Crippen molar-refractivity contribution in [1.29, 1.82) is 0 Å². The van der Waals surface area contributed by atoms with E-state index >= 15 is 0 Å². The number of nitrogens with one attached hydrogen (secondary N) is 1. The summed E-state index contributed by atoms with van der Waals surface area (Å²) >= 11 is 0.